The standard InChI is InChI=1S/C13H15NO2/c1-10-13(2,3)16-12(15)14(10)9-11-7-5-4-6-8-11/h4-8H,1,9H2,2-3H3. The van der Waals surface area contributed by atoms with Crippen LogP contribution < -0.4 is 0 Å². The van der Waals surface area contributed by atoms with Crippen LogP contribution in [0, 0.1) is 0 Å². The van der Waals surface area contributed by atoms with Gasteiger partial charge in [-0.3, -0.25) is 4.90 Å². The highest BCUT2D eigenvalue weighted by Crippen LogP contribution is 2.32. The molecule has 0 N–H and O–H groups in total. The SMILES string of the molecule is C=C1N(Cc2ccccc2)C(=O)OC1(C)C. The topological polar surface area (TPSA) is 29.5 Å². The van der Waals surface area contributed by atoms with Gasteiger partial charge in [0.1, 0.15) is 5.60 Å². The normalized spacial score (nSPS) is 18.8. The van der Waals surface area contributed by atoms with Crippen LogP contribution in [-0.2, 0) is 11.3 Å². The monoisotopic (exact) mass is 217 g/mol. The zero-order valence-corrected chi connectivity index (χ0v) is 9.56. The summed E-state index contributed by atoms with van der Waals surface area (Å²) in [6.45, 7) is 8.12. The molecule has 1 aliphatic rings. The van der Waals surface area contributed by atoms with Gasteiger partial charge in [-0.1, -0.05) is 36.9 Å². The van der Waals surface area contributed by atoms with Gasteiger partial charge in [0, 0.05) is 0 Å². The molecule has 16 heavy (non-hydrogen) atoms. The van der Waals surface area contributed by atoms with Crippen LogP contribution in [-0.4, -0.2) is 16.6 Å². The van der Waals surface area contributed by atoms with Gasteiger partial charge in [0.05, 0.1) is 12.2 Å². The summed E-state index contributed by atoms with van der Waals surface area (Å²) in [6, 6.07) is 9.80. The Morgan fingerprint density at radius 3 is 2.44 bits per heavy atom. The number of amides is 1. The van der Waals surface area contributed by atoms with E-state index in [0.717, 1.165) is 5.56 Å². The van der Waals surface area contributed by atoms with Crippen molar-refractivity contribution in [2.45, 2.75) is 26.0 Å². The Labute approximate surface area is 95.3 Å². The molecule has 1 amide bonds. The van der Waals surface area contributed by atoms with Crippen LogP contribution in [0.15, 0.2) is 42.6 Å². The van der Waals surface area contributed by atoms with E-state index >= 15 is 0 Å². The molecule has 0 aliphatic carbocycles. The van der Waals surface area contributed by atoms with Crippen LogP contribution in [0.1, 0.15) is 19.4 Å². The molecule has 0 bridgehead atoms. The average Bonchev–Trinajstić information content (AvgIpc) is 2.42. The van der Waals surface area contributed by atoms with Gasteiger partial charge in [-0.05, 0) is 19.4 Å². The van der Waals surface area contributed by atoms with Gasteiger partial charge in [0.2, 0.25) is 0 Å². The molecule has 3 heteroatoms. The first-order chi connectivity index (χ1) is 7.50. The van der Waals surface area contributed by atoms with E-state index in [1.165, 1.54) is 0 Å². The van der Waals surface area contributed by atoms with Gasteiger partial charge < -0.3 is 4.74 Å². The second kappa shape index (κ2) is 3.67. The number of carbonyl (C=O) groups is 1. The second-order valence-electron chi connectivity index (χ2n) is 4.40. The Bertz CT molecular complexity index is 423. The van der Waals surface area contributed by atoms with Crippen LogP contribution in [0.5, 0.6) is 0 Å². The summed E-state index contributed by atoms with van der Waals surface area (Å²) in [5.74, 6) is 0. The van der Waals surface area contributed by atoms with Gasteiger partial charge in [-0.15, -0.1) is 0 Å². The summed E-state index contributed by atoms with van der Waals surface area (Å²) < 4.78 is 5.23. The molecule has 1 aromatic rings. The lowest BCUT2D eigenvalue weighted by molar-refractivity contribution is 0.0932. The van der Waals surface area contributed by atoms with Gasteiger partial charge in [0.25, 0.3) is 0 Å². The molecule has 0 radical (unpaired) electrons. The Hall–Kier alpha value is -1.77. The lowest BCUT2D eigenvalue weighted by atomic mass is 10.1. The maximum absolute atomic E-state index is 11.6. The van der Waals surface area contributed by atoms with Crippen LogP contribution in [0.4, 0.5) is 4.79 Å². The van der Waals surface area contributed by atoms with E-state index < -0.39 is 5.60 Å². The van der Waals surface area contributed by atoms with Crippen molar-refractivity contribution >= 4 is 6.09 Å². The third-order valence-corrected chi connectivity index (χ3v) is 2.77. The average molecular weight is 217 g/mol. The van der Waals surface area contributed by atoms with Gasteiger partial charge in [0.15, 0.2) is 0 Å². The number of nitrogens with zero attached hydrogens (tertiary/aromatic N) is 1. The molecule has 1 fully saturated rings. The fourth-order valence-corrected chi connectivity index (χ4v) is 1.69. The minimum atomic E-state index is -0.591. The fourth-order valence-electron chi connectivity index (χ4n) is 1.69. The molecule has 0 unspecified atom stereocenters. The Kier molecular flexibility index (Phi) is 2.46. The van der Waals surface area contributed by atoms with Crippen LogP contribution in [0.2, 0.25) is 0 Å². The van der Waals surface area contributed by atoms with Gasteiger partial charge in [-0.25, -0.2) is 4.79 Å². The van der Waals surface area contributed by atoms with Gasteiger partial charge in [-0.2, -0.15) is 0 Å². The molecule has 2 rings (SSSR count). The number of rotatable bonds is 2. The molecule has 0 spiro atoms. The summed E-state index contributed by atoms with van der Waals surface area (Å²) in [4.78, 5) is 13.2. The molecule has 1 aliphatic heterocycles. The fraction of sp³-hybridized carbons (Fsp3) is 0.308. The zero-order chi connectivity index (χ0) is 11.8. The third kappa shape index (κ3) is 1.81. The number of ether oxygens (including phenoxy) is 1. The number of hydrogen-bond acceptors (Lipinski definition) is 2. The lowest BCUT2D eigenvalue weighted by Gasteiger charge is -2.19. The minimum absolute atomic E-state index is 0.321. The molecule has 1 saturated heterocycles. The maximum atomic E-state index is 11.6. The van der Waals surface area contributed by atoms with Crippen LogP contribution in [0.3, 0.4) is 0 Å². The van der Waals surface area contributed by atoms with E-state index in [-0.39, 0.29) is 6.09 Å². The largest absolute Gasteiger partial charge is 0.437 e. The molecule has 0 aromatic heterocycles. The molecule has 1 heterocycles. The highest BCUT2D eigenvalue weighted by Gasteiger charge is 2.41. The first-order valence-electron chi connectivity index (χ1n) is 5.24. The van der Waals surface area contributed by atoms with Crippen LogP contribution in [0.25, 0.3) is 0 Å². The van der Waals surface area contributed by atoms with Crippen molar-refractivity contribution in [3.05, 3.63) is 48.2 Å². The summed E-state index contributed by atoms with van der Waals surface area (Å²) in [5, 5.41) is 0. The van der Waals surface area contributed by atoms with Crippen molar-refractivity contribution in [1.82, 2.24) is 4.90 Å². The number of benzene rings is 1. The molecule has 0 atom stereocenters. The van der Waals surface area contributed by atoms with Crippen molar-refractivity contribution in [3.63, 3.8) is 0 Å². The van der Waals surface area contributed by atoms with Crippen molar-refractivity contribution in [3.8, 4) is 0 Å². The van der Waals surface area contributed by atoms with E-state index in [2.05, 4.69) is 6.58 Å². The molecule has 0 saturated carbocycles. The molecule has 1 aromatic carbocycles. The molecule has 84 valence electrons. The summed E-state index contributed by atoms with van der Waals surface area (Å²) in [6.07, 6.45) is -0.321. The van der Waals surface area contributed by atoms with Crippen LogP contribution >= 0.6 is 0 Å². The first kappa shape index (κ1) is 10.7. The van der Waals surface area contributed by atoms with Crippen molar-refractivity contribution in [2.24, 2.45) is 0 Å². The quantitative estimate of drug-likeness (QED) is 0.762. The highest BCUT2D eigenvalue weighted by molar-refractivity contribution is 5.74. The second-order valence-corrected chi connectivity index (χ2v) is 4.40. The predicted octanol–water partition coefficient (Wildman–Crippen LogP) is 2.93. The van der Waals surface area contributed by atoms with Crippen molar-refractivity contribution in [2.75, 3.05) is 0 Å². The summed E-state index contributed by atoms with van der Waals surface area (Å²) in [5.41, 5.74) is 1.19. The summed E-state index contributed by atoms with van der Waals surface area (Å²) >= 11 is 0. The van der Waals surface area contributed by atoms with E-state index in [1.807, 2.05) is 44.2 Å². The Morgan fingerprint density at radius 1 is 1.31 bits per heavy atom. The third-order valence-electron chi connectivity index (χ3n) is 2.77. The molecule has 3 nitrogen and oxygen atoms in total. The predicted molar refractivity (Wildman–Crippen MR) is 61.7 cm³/mol. The highest BCUT2D eigenvalue weighted by atomic mass is 16.6. The van der Waals surface area contributed by atoms with Gasteiger partial charge >= 0.3 is 6.09 Å². The minimum Gasteiger partial charge on any atom is -0.437 e. The van der Waals surface area contributed by atoms with Crippen molar-refractivity contribution in [1.29, 1.82) is 0 Å². The van der Waals surface area contributed by atoms with E-state index in [9.17, 15) is 4.79 Å². The van der Waals surface area contributed by atoms with E-state index in [4.69, 9.17) is 4.74 Å². The number of cyclic esters (lactones) is 1. The van der Waals surface area contributed by atoms with E-state index in [1.54, 1.807) is 4.90 Å². The maximum Gasteiger partial charge on any atom is 0.415 e. The Balaban J connectivity index is 2.18. The number of carbonyl (C=O) groups excluding carboxylic acids is 1. The first-order valence-corrected chi connectivity index (χ1v) is 5.24. The molecular formula is C13H15NO2. The molecular weight excluding hydrogens is 202 g/mol. The lowest BCUT2D eigenvalue weighted by Crippen LogP contribution is -2.24. The van der Waals surface area contributed by atoms with E-state index in [0.29, 0.717) is 12.2 Å². The van der Waals surface area contributed by atoms with Crippen molar-refractivity contribution < 1.29 is 9.53 Å². The number of hydrogen-bond donors (Lipinski definition) is 0. The zero-order valence-electron chi connectivity index (χ0n) is 9.56. The Morgan fingerprint density at radius 2 is 1.94 bits per heavy atom. The smallest absolute Gasteiger partial charge is 0.415 e. The summed E-state index contributed by atoms with van der Waals surface area (Å²) in [7, 11) is 0.